The van der Waals surface area contributed by atoms with Gasteiger partial charge in [0.1, 0.15) is 6.33 Å². The fourth-order valence-corrected chi connectivity index (χ4v) is 4.08. The number of fused-ring (bicyclic) bond motifs is 1. The summed E-state index contributed by atoms with van der Waals surface area (Å²) in [6, 6.07) is 18.5. The summed E-state index contributed by atoms with van der Waals surface area (Å²) in [5.41, 5.74) is 7.17. The molecule has 0 aliphatic carbocycles. The second-order valence-electron chi connectivity index (χ2n) is 6.97. The Kier molecular flexibility index (Phi) is 5.01. The van der Waals surface area contributed by atoms with E-state index in [1.807, 2.05) is 44.2 Å². The Balaban J connectivity index is 1.51. The van der Waals surface area contributed by atoms with Crippen LogP contribution in [0.2, 0.25) is 0 Å². The van der Waals surface area contributed by atoms with Crippen LogP contribution in [0.1, 0.15) is 21.5 Å². The topological polar surface area (TPSA) is 93.1 Å². The predicted molar refractivity (Wildman–Crippen MR) is 117 cm³/mol. The fraction of sp³-hybridized carbons (Fsp3) is 0.0909. The molecule has 0 fully saturated rings. The van der Waals surface area contributed by atoms with Crippen molar-refractivity contribution in [1.29, 1.82) is 0 Å². The van der Waals surface area contributed by atoms with Crippen molar-refractivity contribution in [2.24, 2.45) is 0 Å². The lowest BCUT2D eigenvalue weighted by atomic mass is 10.1. The van der Waals surface area contributed by atoms with Crippen molar-refractivity contribution < 1.29 is 13.2 Å². The maximum absolute atomic E-state index is 12.7. The first kappa shape index (κ1) is 19.7. The van der Waals surface area contributed by atoms with Gasteiger partial charge in [-0.15, -0.1) is 0 Å². The van der Waals surface area contributed by atoms with Gasteiger partial charge in [0.15, 0.2) is 0 Å². The molecule has 4 rings (SSSR count). The van der Waals surface area contributed by atoms with Crippen molar-refractivity contribution >= 4 is 32.7 Å². The van der Waals surface area contributed by atoms with Crippen LogP contribution in [0.5, 0.6) is 0 Å². The van der Waals surface area contributed by atoms with Crippen molar-refractivity contribution in [3.63, 3.8) is 0 Å². The third-order valence-corrected chi connectivity index (χ3v) is 6.26. The molecule has 0 aliphatic rings. The van der Waals surface area contributed by atoms with Crippen molar-refractivity contribution in [2.45, 2.75) is 18.7 Å². The Labute approximate surface area is 174 Å². The quantitative estimate of drug-likeness (QED) is 0.513. The largest absolute Gasteiger partial charge is 0.280 e. The molecule has 3 aromatic carbocycles. The summed E-state index contributed by atoms with van der Waals surface area (Å²) in [7, 11) is -3.76. The van der Waals surface area contributed by atoms with E-state index < -0.39 is 10.0 Å². The van der Waals surface area contributed by atoms with Gasteiger partial charge in [0, 0.05) is 11.3 Å². The number of amides is 1. The molecule has 0 atom stereocenters. The maximum Gasteiger partial charge on any atom is 0.270 e. The van der Waals surface area contributed by atoms with Crippen LogP contribution in [-0.2, 0) is 10.0 Å². The number of para-hydroxylation sites is 2. The Morgan fingerprint density at radius 1 is 0.933 bits per heavy atom. The third-order valence-electron chi connectivity index (χ3n) is 4.86. The van der Waals surface area contributed by atoms with Gasteiger partial charge >= 0.3 is 0 Å². The Bertz CT molecular complexity index is 1340. The Morgan fingerprint density at radius 3 is 2.40 bits per heavy atom. The van der Waals surface area contributed by atoms with Crippen LogP contribution in [0.15, 0.2) is 78.0 Å². The van der Waals surface area contributed by atoms with Crippen molar-refractivity contribution in [3.05, 3.63) is 89.7 Å². The lowest BCUT2D eigenvalue weighted by Crippen LogP contribution is -2.22. The molecule has 152 valence electrons. The highest BCUT2D eigenvalue weighted by Gasteiger charge is 2.16. The molecule has 2 N–H and O–H groups in total. The number of anilines is 1. The molecule has 0 bridgehead atoms. The number of nitrogens with zero attached hydrogens (tertiary/aromatic N) is 2. The number of imidazole rings is 1. The van der Waals surface area contributed by atoms with Gasteiger partial charge in [-0.2, -0.15) is 0 Å². The zero-order valence-corrected chi connectivity index (χ0v) is 17.3. The number of benzene rings is 3. The van der Waals surface area contributed by atoms with E-state index in [4.69, 9.17) is 0 Å². The predicted octanol–water partition coefficient (Wildman–Crippen LogP) is 3.84. The number of carbonyl (C=O) groups excluding carboxylic acids is 1. The molecule has 0 saturated heterocycles. The lowest BCUT2D eigenvalue weighted by molar-refractivity contribution is 0.101. The zero-order chi connectivity index (χ0) is 21.3. The van der Waals surface area contributed by atoms with Crippen LogP contribution >= 0.6 is 0 Å². The van der Waals surface area contributed by atoms with E-state index in [-0.39, 0.29) is 10.8 Å². The first-order chi connectivity index (χ1) is 14.3. The van der Waals surface area contributed by atoms with Crippen molar-refractivity contribution in [1.82, 2.24) is 9.66 Å². The molecular weight excluding hydrogens is 400 g/mol. The molecule has 4 aromatic rings. The highest BCUT2D eigenvalue weighted by Crippen LogP contribution is 2.19. The van der Waals surface area contributed by atoms with Gasteiger partial charge in [0.05, 0.1) is 15.9 Å². The second-order valence-corrected chi connectivity index (χ2v) is 8.66. The molecule has 7 nitrogen and oxygen atoms in total. The molecule has 0 aliphatic heterocycles. The van der Waals surface area contributed by atoms with Gasteiger partial charge in [-0.05, 0) is 73.5 Å². The molecule has 0 radical (unpaired) electrons. The van der Waals surface area contributed by atoms with Gasteiger partial charge < -0.3 is 0 Å². The number of rotatable bonds is 5. The van der Waals surface area contributed by atoms with Gasteiger partial charge in [0.2, 0.25) is 0 Å². The minimum atomic E-state index is -3.76. The first-order valence-corrected chi connectivity index (χ1v) is 10.8. The number of aryl methyl sites for hydroxylation is 2. The number of carbonyl (C=O) groups is 1. The van der Waals surface area contributed by atoms with E-state index in [1.54, 1.807) is 12.1 Å². The lowest BCUT2D eigenvalue weighted by Gasteiger charge is -2.11. The van der Waals surface area contributed by atoms with Gasteiger partial charge in [-0.25, -0.2) is 18.1 Å². The number of nitrogens with one attached hydrogen (secondary N) is 2. The van der Waals surface area contributed by atoms with Gasteiger partial charge in [-0.1, -0.05) is 18.2 Å². The first-order valence-electron chi connectivity index (χ1n) is 9.27. The number of sulfonamides is 1. The average molecular weight is 420 g/mol. The van der Waals surface area contributed by atoms with Gasteiger partial charge in [-0.3, -0.25) is 14.9 Å². The highest BCUT2D eigenvalue weighted by molar-refractivity contribution is 7.92. The molecule has 1 heterocycles. The van der Waals surface area contributed by atoms with Crippen LogP contribution < -0.4 is 10.1 Å². The molecule has 8 heteroatoms. The van der Waals surface area contributed by atoms with Crippen molar-refractivity contribution in [2.75, 3.05) is 10.1 Å². The number of aromatic nitrogens is 2. The molecule has 30 heavy (non-hydrogen) atoms. The summed E-state index contributed by atoms with van der Waals surface area (Å²) < 4.78 is 29.4. The van der Waals surface area contributed by atoms with E-state index in [9.17, 15) is 13.2 Å². The second kappa shape index (κ2) is 7.64. The standard InChI is InChI=1S/C22H20N4O3S/c1-15-7-10-18(13-16(15)2)25-30(28,29)19-11-8-17(9-12-19)22(27)24-26-14-23-20-5-3-4-6-21(20)26/h3-14,25H,1-2H3,(H,24,27). The summed E-state index contributed by atoms with van der Waals surface area (Å²) >= 11 is 0. The normalized spacial score (nSPS) is 11.4. The van der Waals surface area contributed by atoms with E-state index in [0.29, 0.717) is 11.3 Å². The molecule has 0 saturated carbocycles. The Morgan fingerprint density at radius 2 is 1.67 bits per heavy atom. The zero-order valence-electron chi connectivity index (χ0n) is 16.5. The van der Waals surface area contributed by atoms with Crippen LogP contribution in [0, 0.1) is 13.8 Å². The van der Waals surface area contributed by atoms with Crippen LogP contribution in [0.25, 0.3) is 11.0 Å². The maximum atomic E-state index is 12.7. The van der Waals surface area contributed by atoms with E-state index in [0.717, 1.165) is 22.2 Å². The Hall–Kier alpha value is -3.65. The average Bonchev–Trinajstić information content (AvgIpc) is 3.13. The summed E-state index contributed by atoms with van der Waals surface area (Å²) in [6.45, 7) is 3.88. The van der Waals surface area contributed by atoms with Crippen LogP contribution in [0.4, 0.5) is 5.69 Å². The fourth-order valence-electron chi connectivity index (χ4n) is 3.03. The van der Waals surface area contributed by atoms with Crippen LogP contribution in [-0.4, -0.2) is 24.0 Å². The van der Waals surface area contributed by atoms with E-state index in [1.165, 1.54) is 35.3 Å². The number of hydrogen-bond acceptors (Lipinski definition) is 4. The number of hydrogen-bond donors (Lipinski definition) is 2. The summed E-state index contributed by atoms with van der Waals surface area (Å²) in [4.78, 5) is 16.9. The highest BCUT2D eigenvalue weighted by atomic mass is 32.2. The van der Waals surface area contributed by atoms with Gasteiger partial charge in [0.25, 0.3) is 15.9 Å². The summed E-state index contributed by atoms with van der Waals surface area (Å²) in [5, 5.41) is 0. The minimum Gasteiger partial charge on any atom is -0.280 e. The molecule has 0 spiro atoms. The molecule has 1 aromatic heterocycles. The monoisotopic (exact) mass is 420 g/mol. The molecule has 1 amide bonds. The third kappa shape index (κ3) is 3.90. The van der Waals surface area contributed by atoms with E-state index >= 15 is 0 Å². The summed E-state index contributed by atoms with van der Waals surface area (Å²) in [6.07, 6.45) is 1.52. The molecular formula is C22H20N4O3S. The van der Waals surface area contributed by atoms with E-state index in [2.05, 4.69) is 15.1 Å². The van der Waals surface area contributed by atoms with Crippen molar-refractivity contribution in [3.8, 4) is 0 Å². The smallest absolute Gasteiger partial charge is 0.270 e. The SMILES string of the molecule is Cc1ccc(NS(=O)(=O)c2ccc(C(=O)Nn3cnc4ccccc43)cc2)cc1C. The minimum absolute atomic E-state index is 0.0744. The van der Waals surface area contributed by atoms with Crippen LogP contribution in [0.3, 0.4) is 0 Å². The molecule has 0 unspecified atom stereocenters. The summed E-state index contributed by atoms with van der Waals surface area (Å²) in [5.74, 6) is -0.371.